The van der Waals surface area contributed by atoms with Gasteiger partial charge in [-0.15, -0.1) is 11.3 Å². The number of aliphatic hydroxyl groups excluding tert-OH is 1. The number of hydrogen-bond acceptors (Lipinski definition) is 11. The molecule has 0 bridgehead atoms. The summed E-state index contributed by atoms with van der Waals surface area (Å²) in [6.45, 7) is 11.6. The number of pyridine rings is 1. The Morgan fingerprint density at radius 2 is 1.63 bits per heavy atom. The van der Waals surface area contributed by atoms with Crippen LogP contribution in [-0.2, 0) is 39.8 Å². The molecular weight excluding hydrogens is 811 g/mol. The van der Waals surface area contributed by atoms with Gasteiger partial charge in [0.2, 0.25) is 23.6 Å². The van der Waals surface area contributed by atoms with Crippen LogP contribution in [0.25, 0.3) is 32.2 Å². The maximum Gasteiger partial charge on any atom is 0.246 e. The number of ether oxygens (including phenoxy) is 3. The first-order valence-electron chi connectivity index (χ1n) is 21.2. The van der Waals surface area contributed by atoms with E-state index >= 15 is 0 Å². The smallest absolute Gasteiger partial charge is 0.246 e. The minimum atomic E-state index is -0.933. The standard InChI is InChI=1S/C46H59N7O8S/c1-29(32-8-10-33(11-9-32)42-30(2)49-28-62-42)50-44(57)39-25-34(54)27-53(39)45(58)43(46(3,4)5)52-41(56)15-18-59-20-22-61-23-21-60-19-17-48-40(55)13-7-31-6-12-35-36-26-47-16-14-37(36)51-38(35)24-31/h6,8-12,14,16,24,26,28-29,34,39,43,51,54H,7,13,15,17-23,25,27H2,1-5H3,(H,48,55)(H,50,57)(H,52,56). The molecule has 0 saturated carbocycles. The Morgan fingerprint density at radius 1 is 0.903 bits per heavy atom. The summed E-state index contributed by atoms with van der Waals surface area (Å²) in [4.78, 5) is 67.4. The van der Waals surface area contributed by atoms with Crippen molar-refractivity contribution in [3.63, 3.8) is 0 Å². The molecule has 4 heterocycles. The molecule has 2 aromatic carbocycles. The molecule has 62 heavy (non-hydrogen) atoms. The van der Waals surface area contributed by atoms with E-state index in [2.05, 4.69) is 43.0 Å². The third-order valence-electron chi connectivity index (χ3n) is 11.0. The number of carbonyl (C=O) groups excluding carboxylic acids is 4. The minimum Gasteiger partial charge on any atom is -0.391 e. The minimum absolute atomic E-state index is 0.00832. The summed E-state index contributed by atoms with van der Waals surface area (Å²) < 4.78 is 16.7. The molecule has 332 valence electrons. The number of hydrogen-bond donors (Lipinski definition) is 5. The summed E-state index contributed by atoms with van der Waals surface area (Å²) >= 11 is 1.57. The van der Waals surface area contributed by atoms with Crippen LogP contribution in [0.15, 0.2) is 66.4 Å². The van der Waals surface area contributed by atoms with Crippen molar-refractivity contribution >= 4 is 56.8 Å². The number of aryl methyl sites for hydroxylation is 2. The molecule has 1 aliphatic heterocycles. The predicted octanol–water partition coefficient (Wildman–Crippen LogP) is 5.01. The first kappa shape index (κ1) is 46.2. The summed E-state index contributed by atoms with van der Waals surface area (Å²) in [5.41, 5.74) is 7.20. The molecule has 3 aromatic heterocycles. The van der Waals surface area contributed by atoms with Crippen LogP contribution >= 0.6 is 11.3 Å². The van der Waals surface area contributed by atoms with E-state index in [9.17, 15) is 24.3 Å². The van der Waals surface area contributed by atoms with Crippen LogP contribution in [0.2, 0.25) is 0 Å². The highest BCUT2D eigenvalue weighted by molar-refractivity contribution is 7.13. The maximum absolute atomic E-state index is 14.0. The highest BCUT2D eigenvalue weighted by Gasteiger charge is 2.44. The van der Waals surface area contributed by atoms with Crippen molar-refractivity contribution in [3.8, 4) is 10.4 Å². The van der Waals surface area contributed by atoms with Gasteiger partial charge >= 0.3 is 0 Å². The number of H-pyrrole nitrogens is 1. The molecule has 6 rings (SSSR count). The van der Waals surface area contributed by atoms with E-state index < -0.39 is 29.5 Å². The van der Waals surface area contributed by atoms with Crippen molar-refractivity contribution in [2.24, 2.45) is 5.41 Å². The van der Waals surface area contributed by atoms with Crippen molar-refractivity contribution in [3.05, 3.63) is 83.3 Å². The number of aromatic amines is 1. The normalized spacial score (nSPS) is 16.4. The van der Waals surface area contributed by atoms with Crippen LogP contribution in [0.3, 0.4) is 0 Å². The number of thiazole rings is 1. The topological polar surface area (TPSA) is 197 Å². The lowest BCUT2D eigenvalue weighted by atomic mass is 9.85. The largest absolute Gasteiger partial charge is 0.391 e. The van der Waals surface area contributed by atoms with Gasteiger partial charge in [0.25, 0.3) is 0 Å². The van der Waals surface area contributed by atoms with E-state index in [0.717, 1.165) is 49.1 Å². The number of aliphatic hydroxyl groups is 1. The Labute approximate surface area is 366 Å². The second kappa shape index (κ2) is 21.7. The Balaban J connectivity index is 0.825. The first-order chi connectivity index (χ1) is 29.8. The second-order valence-corrected chi connectivity index (χ2v) is 17.6. The van der Waals surface area contributed by atoms with Gasteiger partial charge in [-0.25, -0.2) is 4.98 Å². The number of carbonyl (C=O) groups is 4. The Bertz CT molecular complexity index is 2290. The van der Waals surface area contributed by atoms with Gasteiger partial charge in [-0.3, -0.25) is 24.2 Å². The van der Waals surface area contributed by atoms with Crippen LogP contribution in [-0.4, -0.2) is 120 Å². The van der Waals surface area contributed by atoms with Crippen LogP contribution in [0.5, 0.6) is 0 Å². The van der Waals surface area contributed by atoms with E-state index in [4.69, 9.17) is 14.2 Å². The molecular formula is C46H59N7O8S. The lowest BCUT2D eigenvalue weighted by Gasteiger charge is -2.35. The van der Waals surface area contributed by atoms with Crippen molar-refractivity contribution in [1.29, 1.82) is 0 Å². The Hall–Kier alpha value is -5.26. The summed E-state index contributed by atoms with van der Waals surface area (Å²) in [7, 11) is 0. The average molecular weight is 870 g/mol. The second-order valence-electron chi connectivity index (χ2n) is 16.7. The summed E-state index contributed by atoms with van der Waals surface area (Å²) in [6, 6.07) is 13.9. The number of nitrogens with zero attached hydrogens (tertiary/aromatic N) is 3. The zero-order chi connectivity index (χ0) is 44.2. The van der Waals surface area contributed by atoms with Crippen molar-refractivity contribution < 1.29 is 38.5 Å². The van der Waals surface area contributed by atoms with Crippen LogP contribution in [0, 0.1) is 12.3 Å². The van der Waals surface area contributed by atoms with Gasteiger partial charge in [0.05, 0.1) is 67.9 Å². The van der Waals surface area contributed by atoms with Gasteiger partial charge in [-0.05, 0) is 54.5 Å². The zero-order valence-electron chi connectivity index (χ0n) is 36.2. The fraction of sp³-hybridized carbons (Fsp3) is 0.478. The summed E-state index contributed by atoms with van der Waals surface area (Å²) in [6.07, 6.45) is 3.88. The third kappa shape index (κ3) is 12.4. The molecule has 0 radical (unpaired) electrons. The average Bonchev–Trinajstić information content (AvgIpc) is 3.97. The highest BCUT2D eigenvalue weighted by Crippen LogP contribution is 2.30. The summed E-state index contributed by atoms with van der Waals surface area (Å²) in [5, 5.41) is 21.5. The number of amides is 4. The number of likely N-dealkylation sites (tertiary alicyclic amines) is 1. The highest BCUT2D eigenvalue weighted by atomic mass is 32.1. The number of fused-ring (bicyclic) bond motifs is 3. The van der Waals surface area contributed by atoms with Gasteiger partial charge in [-0.1, -0.05) is 57.2 Å². The molecule has 4 atom stereocenters. The molecule has 16 heteroatoms. The molecule has 5 aromatic rings. The third-order valence-corrected chi connectivity index (χ3v) is 11.9. The van der Waals surface area contributed by atoms with E-state index in [1.54, 1.807) is 17.5 Å². The van der Waals surface area contributed by atoms with Crippen molar-refractivity contribution in [2.45, 2.75) is 84.5 Å². The predicted molar refractivity (Wildman–Crippen MR) is 238 cm³/mol. The van der Waals surface area contributed by atoms with Gasteiger partial charge < -0.3 is 45.2 Å². The molecule has 0 spiro atoms. The van der Waals surface area contributed by atoms with E-state index in [-0.39, 0.29) is 56.4 Å². The van der Waals surface area contributed by atoms with E-state index in [0.29, 0.717) is 45.8 Å². The lowest BCUT2D eigenvalue weighted by molar-refractivity contribution is -0.144. The molecule has 0 aliphatic carbocycles. The van der Waals surface area contributed by atoms with Crippen LogP contribution in [0.4, 0.5) is 0 Å². The van der Waals surface area contributed by atoms with Gasteiger partial charge in [0.15, 0.2) is 0 Å². The zero-order valence-corrected chi connectivity index (χ0v) is 37.0. The number of β-amino-alcohol motifs (C(OH)–C–C–N with tert-alkyl or cyclic N) is 1. The Kier molecular flexibility index (Phi) is 16.2. The molecule has 1 fully saturated rings. The molecule has 4 amide bonds. The Morgan fingerprint density at radius 3 is 2.34 bits per heavy atom. The lowest BCUT2D eigenvalue weighted by Crippen LogP contribution is -2.58. The molecule has 1 aliphatic rings. The molecule has 1 saturated heterocycles. The van der Waals surface area contributed by atoms with Gasteiger partial charge in [0, 0.05) is 66.6 Å². The molecule has 4 unspecified atom stereocenters. The fourth-order valence-corrected chi connectivity index (χ4v) is 8.32. The van der Waals surface area contributed by atoms with E-state index in [1.807, 2.05) is 82.7 Å². The molecule has 5 N–H and O–H groups in total. The van der Waals surface area contributed by atoms with Crippen LogP contribution in [0.1, 0.15) is 69.8 Å². The van der Waals surface area contributed by atoms with E-state index in [1.165, 1.54) is 4.90 Å². The maximum atomic E-state index is 14.0. The van der Waals surface area contributed by atoms with Gasteiger partial charge in [0.1, 0.15) is 12.1 Å². The summed E-state index contributed by atoms with van der Waals surface area (Å²) in [5.74, 6) is -1.19. The molecule has 15 nitrogen and oxygen atoms in total. The van der Waals surface area contributed by atoms with Crippen LogP contribution < -0.4 is 16.0 Å². The number of rotatable bonds is 21. The fourth-order valence-electron chi connectivity index (χ4n) is 7.51. The van der Waals surface area contributed by atoms with Gasteiger partial charge in [-0.2, -0.15) is 0 Å². The number of aromatic nitrogens is 3. The first-order valence-corrected chi connectivity index (χ1v) is 22.1. The quantitative estimate of drug-likeness (QED) is 0.0626. The number of benzene rings is 2. The van der Waals surface area contributed by atoms with Crippen molar-refractivity contribution in [2.75, 3.05) is 52.7 Å². The monoisotopic (exact) mass is 869 g/mol. The van der Waals surface area contributed by atoms with Crippen molar-refractivity contribution in [1.82, 2.24) is 35.8 Å². The SMILES string of the molecule is Cc1ncsc1-c1ccc(C(C)NC(=O)C2CC(O)CN2C(=O)C(NC(=O)CCOCCOCCOCCNC(=O)CCc2ccc3c(c2)[nH]c2ccncc23)C(C)(C)C)cc1. The number of nitrogens with one attached hydrogen (secondary N) is 4.